The summed E-state index contributed by atoms with van der Waals surface area (Å²) in [5, 5.41) is 8.06. The summed E-state index contributed by atoms with van der Waals surface area (Å²) in [5.41, 5.74) is 1.17. The number of rotatable bonds is 0. The Balaban J connectivity index is -0.0000000310. The number of hydrogen-bond acceptors (Lipinski definition) is 2. The van der Waals surface area contributed by atoms with Crippen LogP contribution in [-0.2, 0) is 4.79 Å². The van der Waals surface area contributed by atoms with E-state index in [-0.39, 0.29) is 19.3 Å². The van der Waals surface area contributed by atoms with Crippen molar-refractivity contribution in [2.24, 2.45) is 0 Å². The minimum atomic E-state index is -2.50. The van der Waals surface area contributed by atoms with Crippen molar-refractivity contribution < 1.29 is 18.7 Å². The quantitative estimate of drug-likeness (QED) is 0.585. The Bertz CT molecular complexity index is 166. The molecule has 0 rings (SSSR count). The zero-order chi connectivity index (χ0) is 17.2. The first-order valence-corrected chi connectivity index (χ1v) is 5.85. The highest BCUT2D eigenvalue weighted by Crippen LogP contribution is 2.06. The molecule has 0 unspecified atom stereocenters. The Kier molecular flexibility index (Phi) is 48.3. The average Bonchev–Trinajstić information content (AvgIpc) is 1.99. The van der Waals surface area contributed by atoms with E-state index < -0.39 is 5.92 Å². The third kappa shape index (κ3) is 4080. The van der Waals surface area contributed by atoms with Gasteiger partial charge < -0.3 is 9.90 Å². The van der Waals surface area contributed by atoms with Crippen LogP contribution in [0.1, 0.15) is 62.8 Å². The number of allylic oxidation sites excluding steroid dienone is 1. The number of aliphatic hydroxyl groups excluding tert-OH is 1. The first kappa shape index (κ1) is 36.4. The first-order valence-electron chi connectivity index (χ1n) is 5.85. The van der Waals surface area contributed by atoms with Gasteiger partial charge in [0.1, 0.15) is 5.78 Å². The van der Waals surface area contributed by atoms with Gasteiger partial charge in [0, 0.05) is 6.10 Å². The van der Waals surface area contributed by atoms with Crippen LogP contribution < -0.4 is 0 Å². The van der Waals surface area contributed by atoms with Crippen LogP contribution in [0.15, 0.2) is 25.3 Å². The number of aliphatic hydroxyl groups is 1. The van der Waals surface area contributed by atoms with E-state index in [1.807, 2.05) is 13.8 Å². The summed E-state index contributed by atoms with van der Waals surface area (Å²) in [6.07, 6.45) is -0.167. The van der Waals surface area contributed by atoms with E-state index in [1.54, 1.807) is 13.8 Å². The molecule has 0 atom stereocenters. The lowest BCUT2D eigenvalue weighted by atomic mass is 10.4. The van der Waals surface area contributed by atoms with Crippen LogP contribution in [0.2, 0.25) is 0 Å². The van der Waals surface area contributed by atoms with Crippen LogP contribution >= 0.6 is 0 Å². The van der Waals surface area contributed by atoms with Crippen LogP contribution in [0.4, 0.5) is 8.78 Å². The Morgan fingerprint density at radius 3 is 1.05 bits per heavy atom. The maximum atomic E-state index is 11.0. The predicted octanol–water partition coefficient (Wildman–Crippen LogP) is 5.66. The average molecular weight is 298 g/mol. The van der Waals surface area contributed by atoms with Crippen molar-refractivity contribution >= 4 is 5.78 Å². The second-order valence-corrected chi connectivity index (χ2v) is 4.54. The summed E-state index contributed by atoms with van der Waals surface area (Å²) in [6, 6.07) is 0. The molecule has 1 N–H and O–H groups in total. The highest BCUT2D eigenvalue weighted by atomic mass is 19.3. The maximum Gasteiger partial charge on any atom is 0.242 e. The van der Waals surface area contributed by atoms with E-state index in [2.05, 4.69) is 19.7 Å². The number of Topliss-reactive ketones (excluding diaryl/α,β-unsaturated/α-hetero) is 1. The van der Waals surface area contributed by atoms with Crippen LogP contribution in [-0.4, -0.2) is 22.9 Å². The SMILES string of the molecule is C.C=C.C=C(C)C.CC(C)(F)F.CC(C)=O.CC(C)O. The highest BCUT2D eigenvalue weighted by Gasteiger charge is 2.08. The molecular formula is C16H36F2O2. The zero-order valence-electron chi connectivity index (χ0n) is 13.8. The smallest absolute Gasteiger partial charge is 0.242 e. The van der Waals surface area contributed by atoms with Crippen LogP contribution in [0.5, 0.6) is 0 Å². The minimum absolute atomic E-state index is 0. The lowest BCUT2D eigenvalue weighted by molar-refractivity contribution is -0.115. The van der Waals surface area contributed by atoms with Gasteiger partial charge in [-0.2, -0.15) is 0 Å². The zero-order valence-corrected chi connectivity index (χ0v) is 13.8. The lowest BCUT2D eigenvalue weighted by Gasteiger charge is -1.94. The molecular weight excluding hydrogens is 262 g/mol. The monoisotopic (exact) mass is 298 g/mol. The van der Waals surface area contributed by atoms with Crippen LogP contribution in [0, 0.1) is 0 Å². The van der Waals surface area contributed by atoms with Crippen molar-refractivity contribution in [3.63, 3.8) is 0 Å². The third-order valence-corrected chi connectivity index (χ3v) is 0. The molecule has 0 aromatic rings. The van der Waals surface area contributed by atoms with Crippen molar-refractivity contribution in [1.82, 2.24) is 0 Å². The van der Waals surface area contributed by atoms with E-state index in [1.165, 1.54) is 19.4 Å². The van der Waals surface area contributed by atoms with Crippen molar-refractivity contribution in [2.45, 2.75) is 74.8 Å². The normalized spacial score (nSPS) is 7.60. The molecule has 0 radical (unpaired) electrons. The first-order chi connectivity index (χ1) is 8.20. The molecule has 0 fully saturated rings. The molecule has 20 heavy (non-hydrogen) atoms. The number of carbonyl (C=O) groups excluding carboxylic acids is 1. The van der Waals surface area contributed by atoms with Gasteiger partial charge in [-0.25, -0.2) is 8.78 Å². The summed E-state index contributed by atoms with van der Waals surface area (Å²) in [5.74, 6) is -2.33. The van der Waals surface area contributed by atoms with E-state index >= 15 is 0 Å². The predicted molar refractivity (Wildman–Crippen MR) is 88.5 cm³/mol. The fourth-order valence-corrected chi connectivity index (χ4v) is 0. The molecule has 0 aliphatic heterocycles. The second kappa shape index (κ2) is 26.5. The molecule has 4 heteroatoms. The molecule has 2 nitrogen and oxygen atoms in total. The summed E-state index contributed by atoms with van der Waals surface area (Å²) in [6.45, 7) is 21.7. The molecule has 0 amide bonds. The summed E-state index contributed by atoms with van der Waals surface area (Å²) in [7, 11) is 0. The molecule has 0 bridgehead atoms. The summed E-state index contributed by atoms with van der Waals surface area (Å²) < 4.78 is 22.0. The second-order valence-electron chi connectivity index (χ2n) is 4.54. The van der Waals surface area contributed by atoms with Gasteiger partial charge in [-0.1, -0.05) is 13.0 Å². The maximum absolute atomic E-state index is 11.0. The Hall–Kier alpha value is -1.03. The Morgan fingerprint density at radius 2 is 1.05 bits per heavy atom. The fourth-order valence-electron chi connectivity index (χ4n) is 0. The van der Waals surface area contributed by atoms with Crippen molar-refractivity contribution in [2.75, 3.05) is 0 Å². The Labute approximate surface area is 125 Å². The number of ketones is 1. The topological polar surface area (TPSA) is 37.3 Å². The number of hydrogen-bond donors (Lipinski definition) is 1. The molecule has 0 aromatic carbocycles. The summed E-state index contributed by atoms with van der Waals surface area (Å²) >= 11 is 0. The van der Waals surface area contributed by atoms with Gasteiger partial charge in [-0.3, -0.25) is 0 Å². The minimum Gasteiger partial charge on any atom is -0.394 e. The summed E-state index contributed by atoms with van der Waals surface area (Å²) in [4.78, 5) is 9.44. The lowest BCUT2D eigenvalue weighted by Crippen LogP contribution is -1.98. The van der Waals surface area contributed by atoms with Gasteiger partial charge in [-0.05, 0) is 55.4 Å². The van der Waals surface area contributed by atoms with E-state index in [9.17, 15) is 13.6 Å². The molecule has 0 heterocycles. The van der Waals surface area contributed by atoms with Crippen molar-refractivity contribution in [1.29, 1.82) is 0 Å². The molecule has 0 spiro atoms. The largest absolute Gasteiger partial charge is 0.394 e. The van der Waals surface area contributed by atoms with Gasteiger partial charge in [-0.15, -0.1) is 19.7 Å². The van der Waals surface area contributed by atoms with E-state index in [0.717, 1.165) is 13.8 Å². The highest BCUT2D eigenvalue weighted by molar-refractivity contribution is 5.72. The third-order valence-electron chi connectivity index (χ3n) is 0. The van der Waals surface area contributed by atoms with Crippen LogP contribution in [0.25, 0.3) is 0 Å². The molecule has 126 valence electrons. The molecule has 0 saturated heterocycles. The van der Waals surface area contributed by atoms with Crippen LogP contribution in [0.3, 0.4) is 0 Å². The van der Waals surface area contributed by atoms with Gasteiger partial charge >= 0.3 is 0 Å². The molecule has 0 aliphatic rings. The van der Waals surface area contributed by atoms with Crippen molar-refractivity contribution in [3.8, 4) is 0 Å². The van der Waals surface area contributed by atoms with Gasteiger partial charge in [0.05, 0.1) is 0 Å². The van der Waals surface area contributed by atoms with E-state index in [0.29, 0.717) is 0 Å². The van der Waals surface area contributed by atoms with Gasteiger partial charge in [0.15, 0.2) is 0 Å². The molecule has 0 aromatic heterocycles. The molecule has 0 aliphatic carbocycles. The fraction of sp³-hybridized carbons (Fsp3) is 0.688. The Morgan fingerprint density at radius 1 is 1.05 bits per heavy atom. The van der Waals surface area contributed by atoms with Gasteiger partial charge in [0.2, 0.25) is 5.92 Å². The van der Waals surface area contributed by atoms with E-state index in [4.69, 9.17) is 5.11 Å². The number of halogens is 2. The van der Waals surface area contributed by atoms with Crippen molar-refractivity contribution in [3.05, 3.63) is 25.3 Å². The standard InChI is InChI=1S/C4H8.C3H6F2.C3H8O.C3H6O.C2H4.CH4/c1-4(2)3;1-3(2,4)5;2*1-3(2)4;1-2;/h1H2,2-3H3;1-2H3;3-4H,1-2H3;1-2H3;1-2H2;1H4. The number of alkyl halides is 2. The number of carbonyl (C=O) groups is 1. The van der Waals surface area contributed by atoms with Gasteiger partial charge in [0.25, 0.3) is 0 Å². The molecule has 0 saturated carbocycles.